The van der Waals surface area contributed by atoms with Crippen LogP contribution in [-0.2, 0) is 4.74 Å². The number of carbonyl (C=O) groups is 1. The maximum atomic E-state index is 13.8. The van der Waals surface area contributed by atoms with Crippen molar-refractivity contribution in [2.75, 3.05) is 7.11 Å². The predicted molar refractivity (Wildman–Crippen MR) is 80.9 cm³/mol. The van der Waals surface area contributed by atoms with E-state index < -0.39 is 5.82 Å². The lowest BCUT2D eigenvalue weighted by Gasteiger charge is -2.13. The number of methoxy groups -OCH3 is 1. The number of ether oxygens (including phenoxy) is 1. The number of aldehydes is 1. The summed E-state index contributed by atoms with van der Waals surface area (Å²) in [5.74, 6) is -0.627. The standard InChI is InChI=1S/C15H10ClFO2S/c1-19-15(20)10-5-3-2-4-9(10)14-11(8-18)13(17)7-6-12(14)16/h2-8H,1H3. The second-order valence-corrected chi connectivity index (χ2v) is 4.75. The lowest BCUT2D eigenvalue weighted by molar-refractivity contribution is 0.112. The molecule has 0 aromatic heterocycles. The van der Waals surface area contributed by atoms with Gasteiger partial charge in [0.05, 0.1) is 12.7 Å². The molecule has 102 valence electrons. The Kier molecular flexibility index (Phi) is 4.47. The van der Waals surface area contributed by atoms with Gasteiger partial charge in [-0.15, -0.1) is 0 Å². The van der Waals surface area contributed by atoms with Crippen molar-refractivity contribution in [2.45, 2.75) is 0 Å². The number of hydrogen-bond donors (Lipinski definition) is 0. The van der Waals surface area contributed by atoms with E-state index in [0.29, 0.717) is 23.0 Å². The molecule has 0 aliphatic carbocycles. The Hall–Kier alpha value is -1.78. The van der Waals surface area contributed by atoms with Crippen LogP contribution in [0, 0.1) is 5.82 Å². The van der Waals surface area contributed by atoms with Crippen molar-refractivity contribution < 1.29 is 13.9 Å². The molecule has 0 unspecified atom stereocenters. The highest BCUT2D eigenvalue weighted by atomic mass is 35.5. The number of halogens is 2. The summed E-state index contributed by atoms with van der Waals surface area (Å²) in [5.41, 5.74) is 1.37. The maximum absolute atomic E-state index is 13.8. The Balaban J connectivity index is 2.79. The molecule has 2 nitrogen and oxygen atoms in total. The van der Waals surface area contributed by atoms with Crippen LogP contribution in [0.3, 0.4) is 0 Å². The van der Waals surface area contributed by atoms with Gasteiger partial charge in [0.25, 0.3) is 0 Å². The lowest BCUT2D eigenvalue weighted by atomic mass is 9.95. The molecule has 0 amide bonds. The molecule has 0 saturated heterocycles. The van der Waals surface area contributed by atoms with E-state index in [9.17, 15) is 9.18 Å². The summed E-state index contributed by atoms with van der Waals surface area (Å²) in [4.78, 5) is 11.2. The van der Waals surface area contributed by atoms with Crippen molar-refractivity contribution in [2.24, 2.45) is 0 Å². The smallest absolute Gasteiger partial charge is 0.191 e. The minimum Gasteiger partial charge on any atom is -0.486 e. The lowest BCUT2D eigenvalue weighted by Crippen LogP contribution is -2.04. The van der Waals surface area contributed by atoms with Gasteiger partial charge >= 0.3 is 0 Å². The van der Waals surface area contributed by atoms with Crippen molar-refractivity contribution in [3.63, 3.8) is 0 Å². The van der Waals surface area contributed by atoms with Crippen LogP contribution in [0.25, 0.3) is 11.1 Å². The fraction of sp³-hybridized carbons (Fsp3) is 0.0667. The summed E-state index contributed by atoms with van der Waals surface area (Å²) >= 11 is 11.2. The van der Waals surface area contributed by atoms with Crippen molar-refractivity contribution in [1.82, 2.24) is 0 Å². The van der Waals surface area contributed by atoms with Gasteiger partial charge in [-0.3, -0.25) is 4.79 Å². The van der Waals surface area contributed by atoms with Gasteiger partial charge in [-0.1, -0.05) is 29.8 Å². The molecule has 2 aromatic carbocycles. The molecule has 5 heteroatoms. The molecule has 2 aromatic rings. The van der Waals surface area contributed by atoms with Gasteiger partial charge in [0.2, 0.25) is 0 Å². The molecular formula is C15H10ClFO2S. The third-order valence-electron chi connectivity index (χ3n) is 2.86. The molecule has 0 saturated carbocycles. The van der Waals surface area contributed by atoms with Crippen molar-refractivity contribution >= 4 is 35.2 Å². The molecule has 0 aliphatic rings. The third-order valence-corrected chi connectivity index (χ3v) is 3.56. The van der Waals surface area contributed by atoms with E-state index in [1.807, 2.05) is 0 Å². The van der Waals surface area contributed by atoms with Crippen LogP contribution in [0.1, 0.15) is 15.9 Å². The molecule has 0 radical (unpaired) electrons. The number of benzene rings is 2. The van der Waals surface area contributed by atoms with E-state index in [4.69, 9.17) is 28.6 Å². The molecule has 0 N–H and O–H groups in total. The molecule has 0 heterocycles. The van der Waals surface area contributed by atoms with E-state index in [-0.39, 0.29) is 15.6 Å². The van der Waals surface area contributed by atoms with Crippen LogP contribution in [0.2, 0.25) is 5.02 Å². The van der Waals surface area contributed by atoms with Gasteiger partial charge < -0.3 is 4.74 Å². The molecule has 0 aliphatic heterocycles. The van der Waals surface area contributed by atoms with Gasteiger partial charge in [0.1, 0.15) is 5.82 Å². The van der Waals surface area contributed by atoms with Crippen molar-refractivity contribution in [1.29, 1.82) is 0 Å². The van der Waals surface area contributed by atoms with Crippen LogP contribution < -0.4 is 0 Å². The molecular weight excluding hydrogens is 299 g/mol. The maximum Gasteiger partial charge on any atom is 0.191 e. The first kappa shape index (κ1) is 14.6. The summed E-state index contributed by atoms with van der Waals surface area (Å²) in [7, 11) is 1.45. The largest absolute Gasteiger partial charge is 0.486 e. The van der Waals surface area contributed by atoms with E-state index in [0.717, 1.165) is 6.07 Å². The van der Waals surface area contributed by atoms with Crippen LogP contribution in [0.4, 0.5) is 4.39 Å². The van der Waals surface area contributed by atoms with Crippen LogP contribution >= 0.6 is 23.8 Å². The third kappa shape index (κ3) is 2.57. The first-order valence-corrected chi connectivity index (χ1v) is 6.49. The SMILES string of the molecule is COC(=S)c1ccccc1-c1c(Cl)ccc(F)c1C=O. The second kappa shape index (κ2) is 6.11. The average Bonchev–Trinajstić information content (AvgIpc) is 2.48. The van der Waals surface area contributed by atoms with E-state index in [2.05, 4.69) is 0 Å². The molecule has 0 spiro atoms. The van der Waals surface area contributed by atoms with Gasteiger partial charge in [-0.05, 0) is 36.0 Å². The van der Waals surface area contributed by atoms with E-state index in [1.54, 1.807) is 24.3 Å². The van der Waals surface area contributed by atoms with Crippen molar-refractivity contribution in [3.8, 4) is 11.1 Å². The minimum absolute atomic E-state index is 0.0937. The van der Waals surface area contributed by atoms with Crippen LogP contribution in [0.5, 0.6) is 0 Å². The molecule has 20 heavy (non-hydrogen) atoms. The Labute approximate surface area is 126 Å². The number of hydrogen-bond acceptors (Lipinski definition) is 3. The fourth-order valence-electron chi connectivity index (χ4n) is 1.95. The average molecular weight is 309 g/mol. The highest BCUT2D eigenvalue weighted by Gasteiger charge is 2.18. The highest BCUT2D eigenvalue weighted by molar-refractivity contribution is 7.80. The number of thiocarbonyl (C=S) groups is 1. The van der Waals surface area contributed by atoms with Gasteiger partial charge in [0, 0.05) is 16.1 Å². The first-order chi connectivity index (χ1) is 9.60. The predicted octanol–water partition coefficient (Wildman–Crippen LogP) is 4.28. The molecule has 0 bridgehead atoms. The Morgan fingerprint density at radius 2 is 2.00 bits per heavy atom. The Bertz CT molecular complexity index is 686. The topological polar surface area (TPSA) is 26.3 Å². The number of carbonyl (C=O) groups excluding carboxylic acids is 1. The summed E-state index contributed by atoms with van der Waals surface area (Å²) in [6.07, 6.45) is 0.448. The van der Waals surface area contributed by atoms with Crippen LogP contribution in [0.15, 0.2) is 36.4 Å². The van der Waals surface area contributed by atoms with Crippen molar-refractivity contribution in [3.05, 3.63) is 58.4 Å². The van der Waals surface area contributed by atoms with Crippen LogP contribution in [-0.4, -0.2) is 18.4 Å². The highest BCUT2D eigenvalue weighted by Crippen LogP contribution is 2.34. The second-order valence-electron chi connectivity index (χ2n) is 3.97. The molecule has 2 rings (SSSR count). The quantitative estimate of drug-likeness (QED) is 0.625. The van der Waals surface area contributed by atoms with E-state index in [1.165, 1.54) is 13.2 Å². The summed E-state index contributed by atoms with van der Waals surface area (Å²) in [5, 5.41) is 0.526. The van der Waals surface area contributed by atoms with Gasteiger partial charge in [-0.2, -0.15) is 0 Å². The summed E-state index contributed by atoms with van der Waals surface area (Å²) in [6, 6.07) is 9.55. The fourth-order valence-corrected chi connectivity index (χ4v) is 2.39. The summed E-state index contributed by atoms with van der Waals surface area (Å²) < 4.78 is 18.8. The Morgan fingerprint density at radius 1 is 1.30 bits per heavy atom. The zero-order valence-corrected chi connectivity index (χ0v) is 12.1. The first-order valence-electron chi connectivity index (χ1n) is 5.71. The van der Waals surface area contributed by atoms with Gasteiger partial charge in [-0.25, -0.2) is 4.39 Å². The monoisotopic (exact) mass is 308 g/mol. The van der Waals surface area contributed by atoms with E-state index >= 15 is 0 Å². The molecule has 0 fully saturated rings. The Morgan fingerprint density at radius 3 is 2.65 bits per heavy atom. The zero-order valence-electron chi connectivity index (χ0n) is 10.5. The summed E-state index contributed by atoms with van der Waals surface area (Å²) in [6.45, 7) is 0. The van der Waals surface area contributed by atoms with Gasteiger partial charge in [0.15, 0.2) is 11.3 Å². The minimum atomic E-state index is -0.627. The number of rotatable bonds is 3. The molecule has 0 atom stereocenters. The zero-order chi connectivity index (χ0) is 14.7. The normalized spacial score (nSPS) is 10.2.